The third-order valence-electron chi connectivity index (χ3n) is 9.22. The lowest BCUT2D eigenvalue weighted by atomic mass is 9.62. The number of aliphatic hydroxyl groups excluding tert-OH is 1. The van der Waals surface area contributed by atoms with Crippen LogP contribution in [0.1, 0.15) is 44.7 Å². The minimum Gasteiger partial charge on any atom is -0.394 e. The molecule has 0 saturated carbocycles. The number of nitrogens with zero attached hydrogens (tertiary/aromatic N) is 1. The molecule has 2 aromatic rings. The molecule has 0 aliphatic carbocycles. The van der Waals surface area contributed by atoms with Crippen LogP contribution in [0.3, 0.4) is 0 Å². The smallest absolute Gasteiger partial charge is 0.250 e. The zero-order chi connectivity index (χ0) is 28.8. The number of para-hydroxylation sites is 1. The molecule has 3 aliphatic rings. The molecule has 3 saturated heterocycles. The van der Waals surface area contributed by atoms with Crippen LogP contribution < -0.4 is 10.6 Å². The fourth-order valence-electron chi connectivity index (χ4n) is 7.25. The average molecular weight is 568 g/mol. The molecular weight excluding hydrogens is 530 g/mol. The first-order valence-electron chi connectivity index (χ1n) is 14.1. The molecule has 0 radical (unpaired) electrons. The van der Waals surface area contributed by atoms with Gasteiger partial charge in [0.1, 0.15) is 11.6 Å². The number of benzene rings is 2. The van der Waals surface area contributed by atoms with E-state index in [1.54, 1.807) is 12.1 Å². The van der Waals surface area contributed by atoms with E-state index >= 15 is 0 Å². The number of carbonyl (C=O) groups excluding carboxylic acids is 3. The maximum absolute atomic E-state index is 14.4. The molecular formula is C31H38ClN3O5. The summed E-state index contributed by atoms with van der Waals surface area (Å²) in [5.41, 5.74) is 0.0458. The summed E-state index contributed by atoms with van der Waals surface area (Å²) in [6.45, 7) is 7.86. The summed E-state index contributed by atoms with van der Waals surface area (Å²) in [7, 11) is 0. The van der Waals surface area contributed by atoms with Crippen LogP contribution in [0, 0.1) is 24.7 Å². The number of carbonyl (C=O) groups is 3. The number of nitrogens with one attached hydrogen (secondary N) is 2. The summed E-state index contributed by atoms with van der Waals surface area (Å²) in [6, 6.07) is 13.1. The lowest BCUT2D eigenvalue weighted by molar-refractivity contribution is -0.149. The van der Waals surface area contributed by atoms with Crippen molar-refractivity contribution in [1.82, 2.24) is 10.2 Å². The van der Waals surface area contributed by atoms with Gasteiger partial charge < -0.3 is 25.4 Å². The maximum atomic E-state index is 14.4. The third-order valence-corrected chi connectivity index (χ3v) is 9.54. The molecule has 0 aromatic heterocycles. The number of ether oxygens (including phenoxy) is 1. The number of hydrogen-bond donors (Lipinski definition) is 3. The Balaban J connectivity index is 1.60. The SMILES string of the molecule is CCCNC(=O)[C@H]1[C@H]2C(=O)N([C@@H](CO)Cc3ccccc3)C(C(=O)Nc3c(C)cccc3Cl)C23CC(C)[C@]1(C)O3. The molecule has 2 bridgehead atoms. The van der Waals surface area contributed by atoms with Crippen molar-refractivity contribution in [1.29, 1.82) is 0 Å². The first kappa shape index (κ1) is 28.6. The molecule has 3 amide bonds. The minimum atomic E-state index is -1.22. The van der Waals surface area contributed by atoms with E-state index in [1.807, 2.05) is 64.1 Å². The standard InChI is InChI=1S/C31H38ClN3O5/c1-5-14-33-27(37)23-24-29(39)35(21(17-36)15-20-11-7-6-8-12-20)26(31(24)16-19(3)30(23,4)40-31)28(38)34-25-18(2)10-9-13-22(25)32/h6-13,19,21,23-24,26,36H,5,14-17H2,1-4H3,(H,33,37)(H,34,38)/t19?,21-,23-,24+,26?,30+,31?/m1/s1. The van der Waals surface area contributed by atoms with Crippen LogP contribution in [0.5, 0.6) is 0 Å². The monoisotopic (exact) mass is 567 g/mol. The van der Waals surface area contributed by atoms with E-state index in [0.717, 1.165) is 17.5 Å². The molecule has 3 heterocycles. The second-order valence-electron chi connectivity index (χ2n) is 11.7. The lowest BCUT2D eigenvalue weighted by Crippen LogP contribution is -2.57. The van der Waals surface area contributed by atoms with Crippen molar-refractivity contribution in [3.8, 4) is 0 Å². The highest BCUT2D eigenvalue weighted by molar-refractivity contribution is 6.34. The average Bonchev–Trinajstić information content (AvgIpc) is 3.45. The van der Waals surface area contributed by atoms with Crippen molar-refractivity contribution < 1.29 is 24.2 Å². The highest BCUT2D eigenvalue weighted by Gasteiger charge is 2.80. The fraction of sp³-hybridized carbons (Fsp3) is 0.516. The summed E-state index contributed by atoms with van der Waals surface area (Å²) in [5, 5.41) is 16.9. The zero-order valence-corrected chi connectivity index (χ0v) is 24.2. The van der Waals surface area contributed by atoms with Crippen molar-refractivity contribution >= 4 is 35.0 Å². The second-order valence-corrected chi connectivity index (χ2v) is 12.1. The number of fused-ring (bicyclic) bond motifs is 1. The van der Waals surface area contributed by atoms with Gasteiger partial charge in [-0.15, -0.1) is 0 Å². The molecule has 40 heavy (non-hydrogen) atoms. The summed E-state index contributed by atoms with van der Waals surface area (Å²) in [4.78, 5) is 43.8. The highest BCUT2D eigenvalue weighted by atomic mass is 35.5. The Kier molecular flexibility index (Phi) is 7.72. The van der Waals surface area contributed by atoms with E-state index in [-0.39, 0.29) is 24.3 Å². The number of likely N-dealkylation sites (tertiary alicyclic amines) is 1. The Morgan fingerprint density at radius 3 is 2.55 bits per heavy atom. The van der Waals surface area contributed by atoms with Gasteiger partial charge in [-0.25, -0.2) is 0 Å². The Morgan fingerprint density at radius 2 is 1.90 bits per heavy atom. The summed E-state index contributed by atoms with van der Waals surface area (Å²) in [5.74, 6) is -2.69. The Labute approximate surface area is 240 Å². The van der Waals surface area contributed by atoms with Gasteiger partial charge in [0.15, 0.2) is 0 Å². The molecule has 3 unspecified atom stereocenters. The predicted octanol–water partition coefficient (Wildman–Crippen LogP) is 3.73. The van der Waals surface area contributed by atoms with Gasteiger partial charge >= 0.3 is 0 Å². The number of halogens is 1. The highest BCUT2D eigenvalue weighted by Crippen LogP contribution is 2.65. The van der Waals surface area contributed by atoms with Crippen molar-refractivity contribution in [2.45, 2.75) is 70.2 Å². The molecule has 7 atom stereocenters. The molecule has 8 nitrogen and oxygen atoms in total. The fourth-order valence-corrected chi connectivity index (χ4v) is 7.52. The summed E-state index contributed by atoms with van der Waals surface area (Å²) < 4.78 is 6.78. The van der Waals surface area contributed by atoms with E-state index in [0.29, 0.717) is 30.1 Å². The number of rotatable bonds is 9. The van der Waals surface area contributed by atoms with E-state index in [9.17, 15) is 19.5 Å². The minimum absolute atomic E-state index is 0.0760. The molecule has 9 heteroatoms. The normalized spacial score (nSPS) is 31.2. The number of aryl methyl sites for hydroxylation is 1. The molecule has 3 N–H and O–H groups in total. The Morgan fingerprint density at radius 1 is 1.18 bits per heavy atom. The van der Waals surface area contributed by atoms with Crippen LogP contribution in [-0.4, -0.2) is 64.2 Å². The van der Waals surface area contributed by atoms with Crippen LogP contribution in [0.15, 0.2) is 48.5 Å². The molecule has 3 aliphatic heterocycles. The third kappa shape index (κ3) is 4.41. The van der Waals surface area contributed by atoms with Gasteiger partial charge in [0.2, 0.25) is 17.7 Å². The quantitative estimate of drug-likeness (QED) is 0.428. The number of aliphatic hydroxyl groups is 1. The van der Waals surface area contributed by atoms with Crippen LogP contribution in [0.25, 0.3) is 0 Å². The largest absolute Gasteiger partial charge is 0.394 e. The first-order valence-corrected chi connectivity index (χ1v) is 14.5. The Hall–Kier alpha value is -2.94. The predicted molar refractivity (Wildman–Crippen MR) is 153 cm³/mol. The van der Waals surface area contributed by atoms with Crippen molar-refractivity contribution in [2.24, 2.45) is 17.8 Å². The van der Waals surface area contributed by atoms with Crippen molar-refractivity contribution in [3.05, 3.63) is 64.7 Å². The summed E-state index contributed by atoms with van der Waals surface area (Å²) in [6.07, 6.45) is 1.55. The van der Waals surface area contributed by atoms with E-state index in [2.05, 4.69) is 10.6 Å². The second kappa shape index (κ2) is 10.8. The van der Waals surface area contributed by atoms with Crippen LogP contribution in [-0.2, 0) is 25.5 Å². The summed E-state index contributed by atoms with van der Waals surface area (Å²) >= 11 is 6.47. The maximum Gasteiger partial charge on any atom is 0.250 e. The van der Waals surface area contributed by atoms with Crippen LogP contribution in [0.2, 0.25) is 5.02 Å². The number of amides is 3. The van der Waals surface area contributed by atoms with E-state index in [1.165, 1.54) is 4.90 Å². The van der Waals surface area contributed by atoms with Gasteiger partial charge in [-0.3, -0.25) is 14.4 Å². The molecule has 2 aromatic carbocycles. The van der Waals surface area contributed by atoms with Gasteiger partial charge in [-0.1, -0.05) is 67.9 Å². The molecule has 214 valence electrons. The van der Waals surface area contributed by atoms with Gasteiger partial charge in [0, 0.05) is 6.54 Å². The lowest BCUT2D eigenvalue weighted by Gasteiger charge is -2.37. The van der Waals surface area contributed by atoms with Crippen molar-refractivity contribution in [3.63, 3.8) is 0 Å². The zero-order valence-electron chi connectivity index (χ0n) is 23.4. The number of hydrogen-bond acceptors (Lipinski definition) is 5. The van der Waals surface area contributed by atoms with Crippen molar-refractivity contribution in [2.75, 3.05) is 18.5 Å². The molecule has 1 spiro atoms. The Bertz CT molecular complexity index is 1280. The van der Waals surface area contributed by atoms with E-state index < -0.39 is 41.0 Å². The van der Waals surface area contributed by atoms with Crippen LogP contribution in [0.4, 0.5) is 5.69 Å². The molecule has 3 fully saturated rings. The van der Waals surface area contributed by atoms with E-state index in [4.69, 9.17) is 16.3 Å². The molecule has 5 rings (SSSR count). The van der Waals surface area contributed by atoms with Crippen LogP contribution >= 0.6 is 11.6 Å². The van der Waals surface area contributed by atoms with Gasteiger partial charge in [0.05, 0.1) is 40.8 Å². The van der Waals surface area contributed by atoms with Gasteiger partial charge in [-0.05, 0) is 56.2 Å². The topological polar surface area (TPSA) is 108 Å². The van der Waals surface area contributed by atoms with Gasteiger partial charge in [0.25, 0.3) is 0 Å². The number of anilines is 1. The van der Waals surface area contributed by atoms with Gasteiger partial charge in [-0.2, -0.15) is 0 Å². The first-order chi connectivity index (χ1) is 19.1.